The fourth-order valence-corrected chi connectivity index (χ4v) is 2.37. The molecule has 0 atom stereocenters. The summed E-state index contributed by atoms with van der Waals surface area (Å²) >= 11 is 0. The first kappa shape index (κ1) is 18.8. The highest BCUT2D eigenvalue weighted by atomic mass is 19.2. The molecule has 0 saturated carbocycles. The number of H-pyrrole nitrogens is 1. The predicted molar refractivity (Wildman–Crippen MR) is 71.2 cm³/mol. The van der Waals surface area contributed by atoms with Crippen LogP contribution in [0.4, 0.5) is 43.9 Å². The van der Waals surface area contributed by atoms with Gasteiger partial charge in [0.05, 0.1) is 22.5 Å². The van der Waals surface area contributed by atoms with E-state index in [0.717, 1.165) is 0 Å². The Morgan fingerprint density at radius 3 is 0.852 bits per heavy atom. The number of hydrogen-bond donors (Lipinski definition) is 1. The van der Waals surface area contributed by atoms with Crippen molar-refractivity contribution in [1.29, 1.82) is 0 Å². The molecule has 11 heteroatoms. The van der Waals surface area contributed by atoms with Crippen LogP contribution >= 0.6 is 0 Å². The van der Waals surface area contributed by atoms with Crippen molar-refractivity contribution in [2.45, 2.75) is 0 Å². The Hall–Kier alpha value is -2.98. The molecular formula is C16H3F10N. The fraction of sp³-hybridized carbons (Fsp3) is 0. The van der Waals surface area contributed by atoms with Crippen LogP contribution in [0.15, 0.2) is 12.1 Å². The van der Waals surface area contributed by atoms with Gasteiger partial charge in [-0.25, -0.2) is 43.9 Å². The highest BCUT2D eigenvalue weighted by Crippen LogP contribution is 2.35. The summed E-state index contributed by atoms with van der Waals surface area (Å²) in [7, 11) is 0. The second-order valence-corrected chi connectivity index (χ2v) is 5.18. The summed E-state index contributed by atoms with van der Waals surface area (Å²) in [5.41, 5.74) is -4.63. The van der Waals surface area contributed by atoms with Crippen molar-refractivity contribution in [3.8, 4) is 22.5 Å². The molecule has 3 aromatic rings. The summed E-state index contributed by atoms with van der Waals surface area (Å²) < 4.78 is 134. The van der Waals surface area contributed by atoms with Crippen LogP contribution in [0.1, 0.15) is 0 Å². The standard InChI is InChI=1S/C16H3F10N/c17-7-5(8(18)12(22)15(25)11(7)21)3-1-2-4(27-3)6-9(19)13(23)16(26)14(24)10(6)20/h1-2,27H. The lowest BCUT2D eigenvalue weighted by Crippen LogP contribution is -2.05. The van der Waals surface area contributed by atoms with Crippen molar-refractivity contribution >= 4 is 0 Å². The molecule has 1 N–H and O–H groups in total. The first-order valence-corrected chi connectivity index (χ1v) is 6.80. The molecule has 3 rings (SSSR count). The number of hydrogen-bond acceptors (Lipinski definition) is 0. The Balaban J connectivity index is 2.25. The lowest BCUT2D eigenvalue weighted by Gasteiger charge is -2.08. The molecule has 0 radical (unpaired) electrons. The third-order valence-corrected chi connectivity index (χ3v) is 3.64. The molecule has 1 nitrogen and oxygen atoms in total. The molecule has 1 heterocycles. The predicted octanol–water partition coefficient (Wildman–Crippen LogP) is 5.74. The number of aromatic nitrogens is 1. The summed E-state index contributed by atoms with van der Waals surface area (Å²) in [6, 6.07) is 1.29. The van der Waals surface area contributed by atoms with Gasteiger partial charge >= 0.3 is 0 Å². The highest BCUT2D eigenvalue weighted by Gasteiger charge is 2.30. The van der Waals surface area contributed by atoms with Crippen molar-refractivity contribution in [2.24, 2.45) is 0 Å². The normalized spacial score (nSPS) is 11.3. The molecular weight excluding hydrogens is 396 g/mol. The molecule has 0 aliphatic heterocycles. The van der Waals surface area contributed by atoms with Gasteiger partial charge in [-0.15, -0.1) is 0 Å². The minimum Gasteiger partial charge on any atom is -0.354 e. The van der Waals surface area contributed by atoms with E-state index in [0.29, 0.717) is 12.1 Å². The van der Waals surface area contributed by atoms with E-state index in [2.05, 4.69) is 0 Å². The summed E-state index contributed by atoms with van der Waals surface area (Å²) in [4.78, 5) is 1.89. The van der Waals surface area contributed by atoms with Gasteiger partial charge in [0.15, 0.2) is 46.5 Å². The van der Waals surface area contributed by atoms with Crippen LogP contribution in [0.2, 0.25) is 0 Å². The quantitative estimate of drug-likeness (QED) is 0.321. The van der Waals surface area contributed by atoms with E-state index < -0.39 is 80.7 Å². The molecule has 0 fully saturated rings. The van der Waals surface area contributed by atoms with Crippen LogP contribution in [0.25, 0.3) is 22.5 Å². The Morgan fingerprint density at radius 1 is 0.370 bits per heavy atom. The van der Waals surface area contributed by atoms with Crippen molar-refractivity contribution < 1.29 is 43.9 Å². The number of aromatic amines is 1. The maximum absolute atomic E-state index is 13.8. The first-order valence-electron chi connectivity index (χ1n) is 6.80. The molecule has 0 spiro atoms. The van der Waals surface area contributed by atoms with E-state index in [1.807, 2.05) is 4.98 Å². The lowest BCUT2D eigenvalue weighted by molar-refractivity contribution is 0.380. The van der Waals surface area contributed by atoms with Gasteiger partial charge in [-0.3, -0.25) is 0 Å². The van der Waals surface area contributed by atoms with Crippen LogP contribution in [0.5, 0.6) is 0 Å². The lowest BCUT2D eigenvalue weighted by atomic mass is 10.1. The van der Waals surface area contributed by atoms with Gasteiger partial charge in [0.25, 0.3) is 0 Å². The van der Waals surface area contributed by atoms with Gasteiger partial charge in [0.2, 0.25) is 11.6 Å². The summed E-state index contributed by atoms with van der Waals surface area (Å²) in [6.07, 6.45) is 0. The van der Waals surface area contributed by atoms with Crippen LogP contribution in [-0.4, -0.2) is 4.98 Å². The molecule has 1 aromatic heterocycles. The van der Waals surface area contributed by atoms with Gasteiger partial charge in [0, 0.05) is 0 Å². The molecule has 142 valence electrons. The van der Waals surface area contributed by atoms with E-state index in [4.69, 9.17) is 0 Å². The van der Waals surface area contributed by atoms with Crippen LogP contribution < -0.4 is 0 Å². The first-order chi connectivity index (χ1) is 12.6. The van der Waals surface area contributed by atoms with E-state index in [9.17, 15) is 43.9 Å². The zero-order valence-corrected chi connectivity index (χ0v) is 12.4. The summed E-state index contributed by atoms with van der Waals surface area (Å²) in [5.74, 6) is -23.0. The monoisotopic (exact) mass is 399 g/mol. The zero-order chi connectivity index (χ0) is 20.2. The Kier molecular flexibility index (Phi) is 4.40. The SMILES string of the molecule is Fc1c(F)c(F)c(-c2ccc(-c3c(F)c(F)c(F)c(F)c3F)[nH]2)c(F)c1F. The molecule has 0 saturated heterocycles. The molecule has 0 unspecified atom stereocenters. The summed E-state index contributed by atoms with van der Waals surface area (Å²) in [6.45, 7) is 0. The second-order valence-electron chi connectivity index (χ2n) is 5.18. The van der Waals surface area contributed by atoms with Crippen molar-refractivity contribution in [3.63, 3.8) is 0 Å². The summed E-state index contributed by atoms with van der Waals surface area (Å²) in [5, 5.41) is 0. The maximum atomic E-state index is 13.8. The fourth-order valence-electron chi connectivity index (χ4n) is 2.37. The Bertz CT molecular complexity index is 944. The Labute approximate surface area is 142 Å². The largest absolute Gasteiger partial charge is 0.354 e. The van der Waals surface area contributed by atoms with Gasteiger partial charge in [-0.2, -0.15) is 0 Å². The topological polar surface area (TPSA) is 15.8 Å². The molecule has 27 heavy (non-hydrogen) atoms. The minimum atomic E-state index is -2.43. The van der Waals surface area contributed by atoms with Crippen molar-refractivity contribution in [1.82, 2.24) is 4.98 Å². The van der Waals surface area contributed by atoms with E-state index in [1.165, 1.54) is 0 Å². The van der Waals surface area contributed by atoms with Crippen LogP contribution in [0.3, 0.4) is 0 Å². The number of benzene rings is 2. The van der Waals surface area contributed by atoms with Gasteiger partial charge in [0.1, 0.15) is 0 Å². The minimum absolute atomic E-state index is 0.645. The smallest absolute Gasteiger partial charge is 0.200 e. The zero-order valence-electron chi connectivity index (χ0n) is 12.4. The van der Waals surface area contributed by atoms with E-state index in [-0.39, 0.29) is 0 Å². The second kappa shape index (κ2) is 6.32. The molecule has 0 aliphatic rings. The molecule has 0 amide bonds. The van der Waals surface area contributed by atoms with E-state index >= 15 is 0 Å². The van der Waals surface area contributed by atoms with Crippen LogP contribution in [0, 0.1) is 58.2 Å². The van der Waals surface area contributed by atoms with Gasteiger partial charge in [-0.1, -0.05) is 0 Å². The number of nitrogens with one attached hydrogen (secondary N) is 1. The number of rotatable bonds is 2. The number of halogens is 10. The van der Waals surface area contributed by atoms with E-state index in [1.54, 1.807) is 0 Å². The van der Waals surface area contributed by atoms with Gasteiger partial charge < -0.3 is 4.98 Å². The molecule has 0 bridgehead atoms. The third kappa shape index (κ3) is 2.64. The van der Waals surface area contributed by atoms with Crippen molar-refractivity contribution in [3.05, 3.63) is 70.3 Å². The average molecular weight is 399 g/mol. The maximum Gasteiger partial charge on any atom is 0.200 e. The highest BCUT2D eigenvalue weighted by molar-refractivity contribution is 5.70. The van der Waals surface area contributed by atoms with Crippen LogP contribution in [-0.2, 0) is 0 Å². The molecule has 2 aromatic carbocycles. The average Bonchev–Trinajstić information content (AvgIpc) is 3.11. The van der Waals surface area contributed by atoms with Crippen molar-refractivity contribution in [2.75, 3.05) is 0 Å². The molecule has 0 aliphatic carbocycles. The van der Waals surface area contributed by atoms with Gasteiger partial charge in [-0.05, 0) is 12.1 Å². The third-order valence-electron chi connectivity index (χ3n) is 3.64. The Morgan fingerprint density at radius 2 is 0.593 bits per heavy atom.